The van der Waals surface area contributed by atoms with E-state index in [4.69, 9.17) is 4.74 Å². The first-order valence-corrected chi connectivity index (χ1v) is 19.0. The highest BCUT2D eigenvalue weighted by Crippen LogP contribution is 2.53. The van der Waals surface area contributed by atoms with Gasteiger partial charge in [-0.3, -0.25) is 0 Å². The lowest BCUT2D eigenvalue weighted by Gasteiger charge is -2.53. The Kier molecular flexibility index (Phi) is 21.4. The molecule has 0 radical (unpaired) electrons. The Morgan fingerprint density at radius 1 is 0.523 bits per heavy atom. The molecular weight excluding hydrogens is 552 g/mol. The number of carbonyl (C=O) groups excluding carboxylic acids is 1. The van der Waals surface area contributed by atoms with Gasteiger partial charge in [-0.25, -0.2) is 4.79 Å². The Hall–Kier alpha value is -1.27. The highest BCUT2D eigenvalue weighted by Gasteiger charge is 2.68. The first-order valence-electron chi connectivity index (χ1n) is 19.0. The van der Waals surface area contributed by atoms with Crippen molar-refractivity contribution >= 4 is 5.97 Å². The van der Waals surface area contributed by atoms with E-state index in [1.54, 1.807) is 0 Å². The summed E-state index contributed by atoms with van der Waals surface area (Å²) in [5.41, 5.74) is -5.32. The van der Waals surface area contributed by atoms with Crippen LogP contribution < -0.4 is 0 Å². The van der Waals surface area contributed by atoms with Crippen LogP contribution in [-0.2, 0) is 9.53 Å². The molecule has 0 bridgehead atoms. The van der Waals surface area contributed by atoms with Crippen molar-refractivity contribution in [1.82, 2.24) is 0 Å². The summed E-state index contributed by atoms with van der Waals surface area (Å²) < 4.78 is 5.90. The molecule has 1 heterocycles. The minimum absolute atomic E-state index is 0.183. The van der Waals surface area contributed by atoms with E-state index in [2.05, 4.69) is 27.7 Å². The van der Waals surface area contributed by atoms with Crippen LogP contribution in [0, 0.1) is 0 Å². The van der Waals surface area contributed by atoms with Crippen molar-refractivity contribution in [2.24, 2.45) is 0 Å². The molecule has 4 N–H and O–H groups in total. The van der Waals surface area contributed by atoms with Gasteiger partial charge in [0.15, 0.2) is 5.76 Å². The van der Waals surface area contributed by atoms with Crippen LogP contribution in [0.25, 0.3) is 0 Å². The highest BCUT2D eigenvalue weighted by atomic mass is 16.6. The van der Waals surface area contributed by atoms with Gasteiger partial charge in [0.1, 0.15) is 5.60 Å². The standard InChI is InChI=1S/C38H72O6/c1-5-9-13-17-21-25-29-36(42,30-26-22-18-14-10-6-2)38(43,32-28-24-20-16-12-8-4)37(31-27-23-19-15-11-7-3)34(40)33(39)35(41)44-37/h39-40,42-43H,5-32H2,1-4H3/t37-,38-/m0/s1. The monoisotopic (exact) mass is 625 g/mol. The Balaban J connectivity index is 3.41. The van der Waals surface area contributed by atoms with Crippen LogP contribution in [-0.4, -0.2) is 43.2 Å². The van der Waals surface area contributed by atoms with Crippen molar-refractivity contribution in [3.8, 4) is 0 Å². The molecule has 0 saturated heterocycles. The quantitative estimate of drug-likeness (QED) is 0.0468. The zero-order chi connectivity index (χ0) is 32.7. The summed E-state index contributed by atoms with van der Waals surface area (Å²) in [4.78, 5) is 12.8. The topological polar surface area (TPSA) is 107 Å². The van der Waals surface area contributed by atoms with E-state index >= 15 is 0 Å². The minimum atomic E-state index is -1.91. The molecule has 0 saturated carbocycles. The largest absolute Gasteiger partial charge is 0.505 e. The molecule has 0 aromatic carbocycles. The van der Waals surface area contributed by atoms with Crippen molar-refractivity contribution in [2.45, 2.75) is 224 Å². The van der Waals surface area contributed by atoms with Crippen LogP contribution in [0.4, 0.5) is 0 Å². The van der Waals surface area contributed by atoms with Gasteiger partial charge in [0.2, 0.25) is 11.4 Å². The molecule has 0 spiro atoms. The average molecular weight is 625 g/mol. The molecule has 6 heteroatoms. The molecular formula is C38H72O6. The van der Waals surface area contributed by atoms with Gasteiger partial charge in [0.25, 0.3) is 0 Å². The second-order valence-electron chi connectivity index (χ2n) is 13.9. The predicted octanol–water partition coefficient (Wildman–Crippen LogP) is 11.1. The first kappa shape index (κ1) is 40.8. The molecule has 0 unspecified atom stereocenters. The van der Waals surface area contributed by atoms with Gasteiger partial charge in [0.05, 0.1) is 5.60 Å². The number of hydrogen-bond donors (Lipinski definition) is 4. The Bertz CT molecular complexity index is 763. The van der Waals surface area contributed by atoms with Gasteiger partial charge in [-0.1, -0.05) is 175 Å². The minimum Gasteiger partial charge on any atom is -0.505 e. The Labute approximate surface area is 271 Å². The summed E-state index contributed by atoms with van der Waals surface area (Å²) in [6, 6.07) is 0. The van der Waals surface area contributed by atoms with Gasteiger partial charge in [-0.15, -0.1) is 0 Å². The van der Waals surface area contributed by atoms with E-state index < -0.39 is 34.3 Å². The first-order chi connectivity index (χ1) is 21.2. The maximum absolute atomic E-state index is 13.0. The second kappa shape index (κ2) is 23.1. The van der Waals surface area contributed by atoms with Crippen LogP contribution >= 0.6 is 0 Å². The highest BCUT2D eigenvalue weighted by molar-refractivity contribution is 5.90. The van der Waals surface area contributed by atoms with Crippen LogP contribution in [0.2, 0.25) is 0 Å². The van der Waals surface area contributed by atoms with Crippen LogP contribution in [0.15, 0.2) is 11.5 Å². The number of aliphatic hydroxyl groups excluding tert-OH is 2. The van der Waals surface area contributed by atoms with Crippen molar-refractivity contribution in [3.63, 3.8) is 0 Å². The summed E-state index contributed by atoms with van der Waals surface area (Å²) in [5, 5.41) is 47.8. The molecule has 0 aliphatic carbocycles. The van der Waals surface area contributed by atoms with Gasteiger partial charge >= 0.3 is 5.97 Å². The van der Waals surface area contributed by atoms with E-state index in [1.807, 2.05) is 0 Å². The maximum Gasteiger partial charge on any atom is 0.378 e. The molecule has 1 rings (SSSR count). The normalized spacial score (nSPS) is 18.6. The van der Waals surface area contributed by atoms with E-state index in [9.17, 15) is 25.2 Å². The van der Waals surface area contributed by atoms with Crippen molar-refractivity contribution < 1.29 is 30.0 Å². The fourth-order valence-electron chi connectivity index (χ4n) is 7.26. The summed E-state index contributed by atoms with van der Waals surface area (Å²) in [6.07, 6.45) is 25.7. The van der Waals surface area contributed by atoms with E-state index in [0.717, 1.165) is 109 Å². The number of carbonyl (C=O) groups is 1. The number of ether oxygens (including phenoxy) is 1. The lowest BCUT2D eigenvalue weighted by molar-refractivity contribution is -0.256. The Morgan fingerprint density at radius 3 is 1.23 bits per heavy atom. The number of hydrogen-bond acceptors (Lipinski definition) is 6. The third-order valence-electron chi connectivity index (χ3n) is 10.2. The predicted molar refractivity (Wildman–Crippen MR) is 183 cm³/mol. The molecule has 0 amide bonds. The summed E-state index contributed by atoms with van der Waals surface area (Å²) >= 11 is 0. The van der Waals surface area contributed by atoms with Crippen LogP contribution in [0.3, 0.4) is 0 Å². The Morgan fingerprint density at radius 2 is 0.864 bits per heavy atom. The molecule has 2 atom stereocenters. The molecule has 0 fully saturated rings. The average Bonchev–Trinajstić information content (AvgIpc) is 3.24. The van der Waals surface area contributed by atoms with Gasteiger partial charge in [-0.05, 0) is 32.1 Å². The zero-order valence-electron chi connectivity index (χ0n) is 29.4. The fourth-order valence-corrected chi connectivity index (χ4v) is 7.26. The van der Waals surface area contributed by atoms with Crippen LogP contribution in [0.5, 0.6) is 0 Å². The lowest BCUT2D eigenvalue weighted by atomic mass is 9.62. The van der Waals surface area contributed by atoms with Gasteiger partial charge in [0, 0.05) is 0 Å². The summed E-state index contributed by atoms with van der Waals surface area (Å²) in [7, 11) is 0. The number of esters is 1. The maximum atomic E-state index is 13.0. The molecule has 1 aliphatic rings. The molecule has 6 nitrogen and oxygen atoms in total. The van der Waals surface area contributed by atoms with E-state index in [-0.39, 0.29) is 12.8 Å². The van der Waals surface area contributed by atoms with Crippen molar-refractivity contribution in [2.75, 3.05) is 0 Å². The molecule has 0 aromatic heterocycles. The SMILES string of the molecule is CCCCCCCCC(O)(CCCCCCCC)[C@@](O)(CCCCCCCC)[C@@]1(CCCCCCCC)OC(=O)C(O)=C1O. The zero-order valence-corrected chi connectivity index (χ0v) is 29.4. The third kappa shape index (κ3) is 12.5. The second-order valence-corrected chi connectivity index (χ2v) is 13.9. The fraction of sp³-hybridized carbons (Fsp3) is 0.921. The summed E-state index contributed by atoms with van der Waals surface area (Å²) in [6.45, 7) is 8.76. The van der Waals surface area contributed by atoms with Crippen molar-refractivity contribution in [1.29, 1.82) is 0 Å². The molecule has 260 valence electrons. The lowest BCUT2D eigenvalue weighted by Crippen LogP contribution is -2.68. The number of rotatable bonds is 30. The van der Waals surface area contributed by atoms with Gasteiger partial charge in [-0.2, -0.15) is 0 Å². The van der Waals surface area contributed by atoms with Crippen molar-refractivity contribution in [3.05, 3.63) is 11.5 Å². The smallest absolute Gasteiger partial charge is 0.378 e. The molecule has 44 heavy (non-hydrogen) atoms. The third-order valence-corrected chi connectivity index (χ3v) is 10.2. The van der Waals surface area contributed by atoms with Crippen LogP contribution in [0.1, 0.15) is 207 Å². The van der Waals surface area contributed by atoms with E-state index in [1.165, 1.54) is 32.1 Å². The number of unbranched alkanes of at least 4 members (excludes halogenated alkanes) is 20. The molecule has 1 aliphatic heterocycles. The number of cyclic esters (lactones) is 1. The van der Waals surface area contributed by atoms with E-state index in [0.29, 0.717) is 25.7 Å². The van der Waals surface area contributed by atoms with Gasteiger partial charge < -0.3 is 25.2 Å². The molecule has 0 aromatic rings. The summed E-state index contributed by atoms with van der Waals surface area (Å²) in [5.74, 6) is -2.41. The number of aliphatic hydroxyl groups is 4.